The maximum absolute atomic E-state index is 12.6. The van der Waals surface area contributed by atoms with E-state index in [4.69, 9.17) is 47.7 Å². The number of benzene rings is 6. The Hall–Kier alpha value is -5.47. The van der Waals surface area contributed by atoms with Gasteiger partial charge in [-0.3, -0.25) is 34.6 Å². The number of rotatable bonds is 8. The van der Waals surface area contributed by atoms with Gasteiger partial charge in [0.15, 0.2) is 0 Å². The Kier molecular flexibility index (Phi) is 26.1. The normalized spacial score (nSPS) is 12.8. The minimum atomic E-state index is -0.826. The molecule has 0 unspecified atom stereocenters. The van der Waals surface area contributed by atoms with Crippen LogP contribution in [0.3, 0.4) is 0 Å². The summed E-state index contributed by atoms with van der Waals surface area (Å²) < 4.78 is 19.9. The molecule has 2 aliphatic rings. The molecule has 5 N–H and O–H groups in total. The number of unbranched alkanes of at least 4 members (excludes halogenated alkanes) is 2. The van der Waals surface area contributed by atoms with Crippen molar-refractivity contribution in [3.63, 3.8) is 0 Å². The van der Waals surface area contributed by atoms with Crippen molar-refractivity contribution < 1.29 is 28.2 Å². The molecule has 17 nitrogen and oxygen atoms in total. The van der Waals surface area contributed by atoms with Crippen LogP contribution in [-0.4, -0.2) is 75.5 Å². The molecule has 11 rings (SSSR count). The van der Waals surface area contributed by atoms with Crippen molar-refractivity contribution in [2.75, 3.05) is 62.9 Å². The fourth-order valence-corrected chi connectivity index (χ4v) is 9.91. The quantitative estimate of drug-likeness (QED) is 0.0187. The van der Waals surface area contributed by atoms with Crippen molar-refractivity contribution in [2.24, 2.45) is 0 Å². The van der Waals surface area contributed by atoms with Crippen LogP contribution in [-0.2, 0) is 0 Å². The van der Waals surface area contributed by atoms with Gasteiger partial charge in [0.1, 0.15) is 33.5 Å². The number of halogens is 4. The first kappa shape index (κ1) is 64.4. The third-order valence-corrected chi connectivity index (χ3v) is 14.2. The van der Waals surface area contributed by atoms with E-state index in [1.807, 2.05) is 30.3 Å². The summed E-state index contributed by atoms with van der Waals surface area (Å²) in [6, 6.07) is 29.4. The second-order valence-electron chi connectivity index (χ2n) is 18.0. The molecule has 6 aromatic carbocycles. The van der Waals surface area contributed by atoms with Crippen molar-refractivity contribution in [1.29, 1.82) is 0 Å². The molecule has 9 aromatic rings. The Morgan fingerprint density at radius 1 is 0.519 bits per heavy atom. The van der Waals surface area contributed by atoms with Crippen LogP contribution in [0.5, 0.6) is 0 Å². The van der Waals surface area contributed by atoms with E-state index in [-0.39, 0.29) is 52.9 Å². The SMILES string of the molecule is C.CCO.ICCCCCI.Nc1ccc2c(=O)c3ccc(N4CCCCC4)cc3oc2c1.Nc1ccc2c(=O)c3ccc([N+](=O)[O-])cc3oc2c1.O=c1c2ccc(N3CCCCC3)cc2oc2cc([N+](=O)[O-])ccc12.[Cl][Sn][Cl]. The van der Waals surface area contributed by atoms with Crippen LogP contribution < -0.4 is 37.6 Å². The van der Waals surface area contributed by atoms with E-state index in [2.05, 4.69) is 55.0 Å². The zero-order valence-corrected chi connectivity index (χ0v) is 51.4. The average molecular weight is 1450 g/mol. The standard InChI is InChI=1S/C18H16N2O4.C18H18N2O2.C13H8N2O4.C5H10I2.C2H6O.CH4.2ClH.Sn/c21-18-14-6-4-12(19-8-2-1-3-9-19)10-16(14)24-17-11-13(20(22)23)5-7-15(17)18;19-12-4-6-14-16(10-12)22-17-11-13(5-7-15(17)18(14)21)20-8-2-1-3-9-20;14-7-1-3-9-11(5-7)19-12-6-8(15(17)18)2-4-10(12)13(9)16;6-4-2-1-3-5-7;1-2-3;;;;/h4-7,10-11H,1-3,8-9H2;4-7,10-11H,1-3,8-9,19H2;1-6H,14H2;1-5H2;3H,2H2,1H3;1H4;2*1H;/q;;;;;;;;+2/p-2. The van der Waals surface area contributed by atoms with Crippen molar-refractivity contribution in [3.8, 4) is 0 Å². The summed E-state index contributed by atoms with van der Waals surface area (Å²) in [4.78, 5) is 62.6. The molecular weight excluding hydrogens is 1390 g/mol. The summed E-state index contributed by atoms with van der Waals surface area (Å²) in [6.45, 7) is 6.05. The molecule has 0 amide bonds. The van der Waals surface area contributed by atoms with E-state index in [0.29, 0.717) is 66.0 Å². The minimum absolute atomic E-state index is 0. The monoisotopic (exact) mass is 1450 g/mol. The van der Waals surface area contributed by atoms with Gasteiger partial charge in [-0.25, -0.2) is 0 Å². The van der Waals surface area contributed by atoms with Gasteiger partial charge in [-0.1, -0.05) is 59.0 Å². The summed E-state index contributed by atoms with van der Waals surface area (Å²) in [5.74, 6) is 0. The molecule has 2 fully saturated rings. The Bertz CT molecular complexity index is 3700. The number of aliphatic hydroxyl groups excluding tert-OH is 1. The molecule has 2 aliphatic heterocycles. The third kappa shape index (κ3) is 17.3. The zero-order valence-electron chi connectivity index (χ0n) is 42.7. The van der Waals surface area contributed by atoms with Crippen LogP contribution >= 0.6 is 63.0 Å². The molecule has 0 atom stereocenters. The first-order chi connectivity index (χ1) is 37.7. The number of nitrogens with two attached hydrogens (primary N) is 2. The summed E-state index contributed by atoms with van der Waals surface area (Å²) in [7, 11) is 9.87. The van der Waals surface area contributed by atoms with Gasteiger partial charge in [-0.05, 0) is 128 Å². The van der Waals surface area contributed by atoms with Gasteiger partial charge in [-0.15, -0.1) is 0 Å². The number of aliphatic hydroxyl groups is 1. The van der Waals surface area contributed by atoms with Crippen LogP contribution in [0.4, 0.5) is 34.1 Å². The Morgan fingerprint density at radius 3 is 1.10 bits per heavy atom. The third-order valence-electron chi connectivity index (χ3n) is 12.6. The van der Waals surface area contributed by atoms with Crippen molar-refractivity contribution in [1.82, 2.24) is 0 Å². The molecule has 0 aliphatic carbocycles. The predicted molar refractivity (Wildman–Crippen MR) is 343 cm³/mol. The van der Waals surface area contributed by atoms with Gasteiger partial charge in [0.2, 0.25) is 16.3 Å². The number of anilines is 4. The van der Waals surface area contributed by atoms with Crippen molar-refractivity contribution in [3.05, 3.63) is 160 Å². The average Bonchev–Trinajstić information content (AvgIpc) is 3.48. The Morgan fingerprint density at radius 2 is 0.797 bits per heavy atom. The number of alkyl halides is 2. The number of nitrogens with zero attached hydrogens (tertiary/aromatic N) is 4. The van der Waals surface area contributed by atoms with E-state index in [9.17, 15) is 34.6 Å². The topological polar surface area (TPSA) is 256 Å². The molecule has 22 heteroatoms. The van der Waals surface area contributed by atoms with E-state index in [1.165, 1.54) is 96.3 Å². The van der Waals surface area contributed by atoms with Crippen LogP contribution in [0.2, 0.25) is 0 Å². The summed E-state index contributed by atoms with van der Waals surface area (Å²) in [5.41, 5.74) is 16.4. The molecule has 418 valence electrons. The van der Waals surface area contributed by atoms with E-state index in [1.54, 1.807) is 43.3 Å². The number of hydrogen-bond donors (Lipinski definition) is 3. The number of nitro groups is 2. The Labute approximate surface area is 500 Å². The van der Waals surface area contributed by atoms with Crippen LogP contribution in [0.15, 0.2) is 137 Å². The number of nitrogen functional groups attached to an aromatic ring is 2. The summed E-state index contributed by atoms with van der Waals surface area (Å²) in [5, 5.41) is 32.0. The van der Waals surface area contributed by atoms with Gasteiger partial charge >= 0.3 is 36.7 Å². The molecule has 2 saturated heterocycles. The maximum atomic E-state index is 12.6. The zero-order chi connectivity index (χ0) is 56.3. The molecule has 0 bridgehead atoms. The van der Waals surface area contributed by atoms with Crippen LogP contribution in [0.1, 0.15) is 72.1 Å². The molecule has 2 radical (unpaired) electrons. The number of hydrogen-bond acceptors (Lipinski definition) is 15. The number of piperidine rings is 2. The first-order valence-corrected chi connectivity index (χ1v) is 35.4. The molecular formula is C57H62Cl2I2N6O11Sn. The number of nitro benzene ring substituents is 2. The van der Waals surface area contributed by atoms with Gasteiger partial charge in [0.25, 0.3) is 11.4 Å². The molecule has 0 spiro atoms. The second-order valence-corrected chi connectivity index (χ2v) is 24.4. The number of non-ortho nitro benzene ring substituents is 2. The van der Waals surface area contributed by atoms with Crippen LogP contribution in [0.25, 0.3) is 65.8 Å². The van der Waals surface area contributed by atoms with Crippen LogP contribution in [0, 0.1) is 20.2 Å². The fourth-order valence-electron chi connectivity index (χ4n) is 8.84. The van der Waals surface area contributed by atoms with Gasteiger partial charge in [0, 0.05) is 91.9 Å². The van der Waals surface area contributed by atoms with Crippen molar-refractivity contribution in [2.45, 2.75) is 72.1 Å². The fraction of sp³-hybridized carbons (Fsp3) is 0.316. The van der Waals surface area contributed by atoms with E-state index >= 15 is 0 Å². The van der Waals surface area contributed by atoms with Gasteiger partial charge in [-0.2, -0.15) is 0 Å². The van der Waals surface area contributed by atoms with E-state index < -0.39 is 28.7 Å². The molecule has 79 heavy (non-hydrogen) atoms. The molecule has 0 saturated carbocycles. The Balaban J connectivity index is 0.000000196. The number of fused-ring (bicyclic) bond motifs is 6. The predicted octanol–water partition coefficient (Wildman–Crippen LogP) is 14.5. The second kappa shape index (κ2) is 32.1. The van der Waals surface area contributed by atoms with Gasteiger partial charge in [0.05, 0.1) is 54.3 Å². The summed E-state index contributed by atoms with van der Waals surface area (Å²) in [6.07, 6.45) is 11.5. The molecule has 5 heterocycles. The molecule has 3 aromatic heterocycles. The van der Waals surface area contributed by atoms with Crippen molar-refractivity contribution >= 4 is 182 Å². The van der Waals surface area contributed by atoms with Gasteiger partial charge < -0.3 is 39.6 Å². The first-order valence-electron chi connectivity index (χ1n) is 25.2. The van der Waals surface area contributed by atoms with E-state index in [0.717, 1.165) is 50.4 Å². The summed E-state index contributed by atoms with van der Waals surface area (Å²) >= 11 is 4.02.